The minimum atomic E-state index is -0.503. The Morgan fingerprint density at radius 1 is 1.47 bits per heavy atom. The molecule has 1 heterocycles. The lowest BCUT2D eigenvalue weighted by molar-refractivity contribution is 0.392. The van der Waals surface area contributed by atoms with Crippen LogP contribution < -0.4 is 10.5 Å². The summed E-state index contributed by atoms with van der Waals surface area (Å²) in [5.41, 5.74) is 6.75. The maximum Gasteiger partial charge on any atom is 0.238 e. The van der Waals surface area contributed by atoms with Crippen molar-refractivity contribution >= 4 is 5.69 Å². The van der Waals surface area contributed by atoms with Gasteiger partial charge in [-0.2, -0.15) is 0 Å². The van der Waals surface area contributed by atoms with Gasteiger partial charge in [0, 0.05) is 18.3 Å². The monoisotopic (exact) mass is 236 g/mol. The first-order valence-corrected chi connectivity index (χ1v) is 5.23. The average Bonchev–Trinajstić information content (AvgIpc) is 2.73. The molecule has 90 valence electrons. The third-order valence-electron chi connectivity index (χ3n) is 2.42. The first-order valence-electron chi connectivity index (χ1n) is 5.23. The molecule has 0 amide bonds. The van der Waals surface area contributed by atoms with E-state index in [1.54, 1.807) is 13.0 Å². The van der Waals surface area contributed by atoms with Crippen LogP contribution >= 0.6 is 0 Å². The number of hydrogen-bond acceptors (Lipinski definition) is 4. The van der Waals surface area contributed by atoms with Crippen LogP contribution in [0.5, 0.6) is 11.6 Å². The van der Waals surface area contributed by atoms with Crippen molar-refractivity contribution in [3.63, 3.8) is 0 Å². The molecule has 0 aliphatic rings. The van der Waals surface area contributed by atoms with Crippen molar-refractivity contribution in [3.8, 4) is 11.6 Å². The van der Waals surface area contributed by atoms with E-state index in [4.69, 9.17) is 10.5 Å². The smallest absolute Gasteiger partial charge is 0.238 e. The van der Waals surface area contributed by atoms with Crippen molar-refractivity contribution in [1.82, 2.24) is 15.0 Å². The molecule has 5 nitrogen and oxygen atoms in total. The second kappa shape index (κ2) is 4.40. The molecule has 1 aromatic heterocycles. The lowest BCUT2D eigenvalue weighted by atomic mass is 10.2. The van der Waals surface area contributed by atoms with Crippen LogP contribution in [0.3, 0.4) is 0 Å². The zero-order chi connectivity index (χ0) is 12.4. The average molecular weight is 236 g/mol. The van der Waals surface area contributed by atoms with E-state index in [-0.39, 0.29) is 5.75 Å². The van der Waals surface area contributed by atoms with Crippen LogP contribution in [0.1, 0.15) is 12.5 Å². The van der Waals surface area contributed by atoms with Gasteiger partial charge in [0.25, 0.3) is 0 Å². The summed E-state index contributed by atoms with van der Waals surface area (Å²) in [6.45, 7) is 4.29. The Morgan fingerprint density at radius 3 is 2.94 bits per heavy atom. The van der Waals surface area contributed by atoms with Gasteiger partial charge in [-0.25, -0.2) is 9.07 Å². The Balaban J connectivity index is 2.33. The van der Waals surface area contributed by atoms with Gasteiger partial charge in [0.1, 0.15) is 6.20 Å². The summed E-state index contributed by atoms with van der Waals surface area (Å²) in [6, 6.07) is 2.79. The highest BCUT2D eigenvalue weighted by Crippen LogP contribution is 2.27. The molecule has 0 saturated carbocycles. The first kappa shape index (κ1) is 11.4. The number of hydrogen-bond donors (Lipinski definition) is 1. The topological polar surface area (TPSA) is 66.0 Å². The van der Waals surface area contributed by atoms with Crippen LogP contribution in [0.4, 0.5) is 10.1 Å². The molecule has 0 bridgehead atoms. The number of nitrogens with two attached hydrogens (primary N) is 1. The van der Waals surface area contributed by atoms with Crippen LogP contribution in [-0.2, 0) is 6.54 Å². The van der Waals surface area contributed by atoms with Crippen LogP contribution in [0.15, 0.2) is 18.3 Å². The van der Waals surface area contributed by atoms with Crippen LogP contribution in [0.2, 0.25) is 0 Å². The van der Waals surface area contributed by atoms with Crippen LogP contribution in [0, 0.1) is 12.7 Å². The summed E-state index contributed by atoms with van der Waals surface area (Å²) in [5.74, 6) is 0.0150. The largest absolute Gasteiger partial charge is 0.435 e. The minimum absolute atomic E-state index is 0.119. The molecular weight excluding hydrogens is 223 g/mol. The molecule has 0 unspecified atom stereocenters. The molecule has 6 heteroatoms. The number of aromatic nitrogens is 3. The summed E-state index contributed by atoms with van der Waals surface area (Å²) in [7, 11) is 0. The third-order valence-corrected chi connectivity index (χ3v) is 2.42. The van der Waals surface area contributed by atoms with Crippen molar-refractivity contribution in [2.75, 3.05) is 5.73 Å². The SMILES string of the molecule is CCn1nncc1Oc1cc(C)c(N)cc1F. The highest BCUT2D eigenvalue weighted by atomic mass is 19.1. The standard InChI is InChI=1S/C11H13FN4O/c1-3-16-11(6-14-15-16)17-10-4-7(2)9(13)5-8(10)12/h4-6H,3,13H2,1-2H3. The number of rotatable bonds is 3. The number of halogens is 1. The van der Waals surface area contributed by atoms with Gasteiger partial charge in [0.15, 0.2) is 11.6 Å². The Morgan fingerprint density at radius 2 is 2.24 bits per heavy atom. The number of nitrogens with zero attached hydrogens (tertiary/aromatic N) is 3. The van der Waals surface area contributed by atoms with Gasteiger partial charge < -0.3 is 10.5 Å². The normalized spacial score (nSPS) is 10.5. The molecule has 0 radical (unpaired) electrons. The molecular formula is C11H13FN4O. The van der Waals surface area contributed by atoms with Gasteiger partial charge >= 0.3 is 0 Å². The van der Waals surface area contributed by atoms with E-state index < -0.39 is 5.82 Å². The maximum absolute atomic E-state index is 13.6. The molecule has 1 aromatic carbocycles. The fourth-order valence-corrected chi connectivity index (χ4v) is 1.41. The van der Waals surface area contributed by atoms with E-state index in [0.717, 1.165) is 5.56 Å². The number of ether oxygens (including phenoxy) is 1. The Labute approximate surface area is 98.0 Å². The van der Waals surface area contributed by atoms with E-state index in [0.29, 0.717) is 18.1 Å². The second-order valence-electron chi connectivity index (χ2n) is 3.63. The molecule has 2 N–H and O–H groups in total. The molecule has 17 heavy (non-hydrogen) atoms. The maximum atomic E-state index is 13.6. The van der Waals surface area contributed by atoms with Gasteiger partial charge in [-0.1, -0.05) is 5.21 Å². The number of benzene rings is 1. The van der Waals surface area contributed by atoms with Crippen LogP contribution in [-0.4, -0.2) is 15.0 Å². The minimum Gasteiger partial charge on any atom is -0.435 e. The quantitative estimate of drug-likeness (QED) is 0.829. The molecule has 0 fully saturated rings. The van der Waals surface area contributed by atoms with Gasteiger partial charge in [0.2, 0.25) is 5.88 Å². The predicted molar refractivity (Wildman–Crippen MR) is 61.3 cm³/mol. The molecule has 0 aliphatic heterocycles. The van der Waals surface area contributed by atoms with Crippen molar-refractivity contribution in [2.45, 2.75) is 20.4 Å². The van der Waals surface area contributed by atoms with Crippen LogP contribution in [0.25, 0.3) is 0 Å². The Bertz CT molecular complexity index is 538. The molecule has 0 saturated heterocycles. The van der Waals surface area contributed by atoms with Crippen molar-refractivity contribution < 1.29 is 9.13 Å². The number of aryl methyl sites for hydroxylation is 2. The van der Waals surface area contributed by atoms with Gasteiger partial charge in [-0.05, 0) is 25.5 Å². The predicted octanol–water partition coefficient (Wildman–Crippen LogP) is 2.12. The summed E-state index contributed by atoms with van der Waals surface area (Å²) >= 11 is 0. The molecule has 2 rings (SSSR count). The first-order chi connectivity index (χ1) is 8.11. The second-order valence-corrected chi connectivity index (χ2v) is 3.63. The number of anilines is 1. The zero-order valence-corrected chi connectivity index (χ0v) is 9.64. The fourth-order valence-electron chi connectivity index (χ4n) is 1.41. The highest BCUT2D eigenvalue weighted by Gasteiger charge is 2.10. The fraction of sp³-hybridized carbons (Fsp3) is 0.273. The van der Waals surface area contributed by atoms with E-state index >= 15 is 0 Å². The summed E-state index contributed by atoms with van der Waals surface area (Å²) in [5, 5.41) is 7.49. The Kier molecular flexibility index (Phi) is 2.95. The van der Waals surface area contributed by atoms with E-state index in [1.807, 2.05) is 6.92 Å². The summed E-state index contributed by atoms with van der Waals surface area (Å²) in [4.78, 5) is 0. The third kappa shape index (κ3) is 2.20. The van der Waals surface area contributed by atoms with Gasteiger partial charge in [0.05, 0.1) is 0 Å². The van der Waals surface area contributed by atoms with Crippen molar-refractivity contribution in [2.24, 2.45) is 0 Å². The molecule has 0 aliphatic carbocycles. The lowest BCUT2D eigenvalue weighted by Crippen LogP contribution is -2.01. The van der Waals surface area contributed by atoms with E-state index in [1.165, 1.54) is 16.9 Å². The molecule has 2 aromatic rings. The van der Waals surface area contributed by atoms with E-state index in [9.17, 15) is 4.39 Å². The Hall–Kier alpha value is -2.11. The summed E-state index contributed by atoms with van der Waals surface area (Å²) in [6.07, 6.45) is 1.44. The zero-order valence-electron chi connectivity index (χ0n) is 9.64. The van der Waals surface area contributed by atoms with E-state index in [2.05, 4.69) is 10.3 Å². The molecule has 0 spiro atoms. The number of nitrogen functional groups attached to an aromatic ring is 1. The van der Waals surface area contributed by atoms with Gasteiger partial charge in [-0.15, -0.1) is 5.10 Å². The summed E-state index contributed by atoms with van der Waals surface area (Å²) < 4.78 is 20.6. The molecule has 0 atom stereocenters. The van der Waals surface area contributed by atoms with Crippen molar-refractivity contribution in [3.05, 3.63) is 29.7 Å². The van der Waals surface area contributed by atoms with Crippen molar-refractivity contribution in [1.29, 1.82) is 0 Å². The van der Waals surface area contributed by atoms with Gasteiger partial charge in [-0.3, -0.25) is 0 Å². The highest BCUT2D eigenvalue weighted by molar-refractivity contribution is 5.50. The lowest BCUT2D eigenvalue weighted by Gasteiger charge is -2.09.